The van der Waals surface area contributed by atoms with Crippen LogP contribution in [0.2, 0.25) is 0 Å². The molecule has 0 bridgehead atoms. The molecular formula is C18H19NO3. The van der Waals surface area contributed by atoms with E-state index in [1.54, 1.807) is 0 Å². The summed E-state index contributed by atoms with van der Waals surface area (Å²) in [7, 11) is 0. The molecule has 0 fully saturated rings. The minimum atomic E-state index is -0.108. The highest BCUT2D eigenvalue weighted by atomic mass is 16.6. The SMILES string of the molecule is Cc1ccccc1C(=O)NC(C)c1ccc2c(c1)OCCO2. The Labute approximate surface area is 130 Å². The molecule has 1 amide bonds. The van der Waals surface area contributed by atoms with Gasteiger partial charge in [-0.05, 0) is 43.2 Å². The van der Waals surface area contributed by atoms with Crippen molar-refractivity contribution in [3.05, 3.63) is 59.2 Å². The number of rotatable bonds is 3. The lowest BCUT2D eigenvalue weighted by Crippen LogP contribution is -2.27. The first-order valence-electron chi connectivity index (χ1n) is 7.41. The first-order valence-corrected chi connectivity index (χ1v) is 7.41. The number of nitrogens with one attached hydrogen (secondary N) is 1. The maximum absolute atomic E-state index is 12.4. The lowest BCUT2D eigenvalue weighted by Gasteiger charge is -2.21. The van der Waals surface area contributed by atoms with Crippen LogP contribution in [-0.4, -0.2) is 19.1 Å². The van der Waals surface area contributed by atoms with E-state index in [2.05, 4.69) is 5.32 Å². The van der Waals surface area contributed by atoms with E-state index in [0.29, 0.717) is 18.8 Å². The zero-order valence-electron chi connectivity index (χ0n) is 12.8. The third kappa shape index (κ3) is 2.91. The summed E-state index contributed by atoms with van der Waals surface area (Å²) in [6.45, 7) is 5.03. The van der Waals surface area contributed by atoms with Gasteiger partial charge in [0.2, 0.25) is 0 Å². The average Bonchev–Trinajstić information content (AvgIpc) is 2.54. The molecule has 0 aliphatic carbocycles. The van der Waals surface area contributed by atoms with Crippen LogP contribution in [0.4, 0.5) is 0 Å². The second-order valence-corrected chi connectivity index (χ2v) is 5.41. The van der Waals surface area contributed by atoms with Gasteiger partial charge in [0.25, 0.3) is 5.91 Å². The molecule has 0 saturated carbocycles. The van der Waals surface area contributed by atoms with Crippen LogP contribution in [0.25, 0.3) is 0 Å². The molecule has 2 aromatic rings. The van der Waals surface area contributed by atoms with Crippen molar-refractivity contribution in [1.29, 1.82) is 0 Å². The van der Waals surface area contributed by atoms with Crippen molar-refractivity contribution >= 4 is 5.91 Å². The summed E-state index contributed by atoms with van der Waals surface area (Å²) in [4.78, 5) is 12.4. The molecule has 22 heavy (non-hydrogen) atoms. The number of hydrogen-bond donors (Lipinski definition) is 1. The topological polar surface area (TPSA) is 47.6 Å². The molecule has 0 aromatic heterocycles. The Hall–Kier alpha value is -2.49. The van der Waals surface area contributed by atoms with Crippen molar-refractivity contribution in [3.63, 3.8) is 0 Å². The minimum Gasteiger partial charge on any atom is -0.486 e. The van der Waals surface area contributed by atoms with Crippen molar-refractivity contribution in [3.8, 4) is 11.5 Å². The second kappa shape index (κ2) is 6.10. The van der Waals surface area contributed by atoms with Crippen LogP contribution in [0.5, 0.6) is 11.5 Å². The van der Waals surface area contributed by atoms with Crippen LogP contribution in [0.3, 0.4) is 0 Å². The van der Waals surface area contributed by atoms with E-state index in [0.717, 1.165) is 22.6 Å². The van der Waals surface area contributed by atoms with Crippen LogP contribution >= 0.6 is 0 Å². The summed E-state index contributed by atoms with van der Waals surface area (Å²) in [6.07, 6.45) is 0. The Morgan fingerprint density at radius 1 is 1.09 bits per heavy atom. The number of amides is 1. The fraction of sp³-hybridized carbons (Fsp3) is 0.278. The molecule has 0 spiro atoms. The van der Waals surface area contributed by atoms with E-state index in [9.17, 15) is 4.79 Å². The third-order valence-electron chi connectivity index (χ3n) is 3.80. The lowest BCUT2D eigenvalue weighted by atomic mass is 10.1. The van der Waals surface area contributed by atoms with Gasteiger partial charge in [0.15, 0.2) is 11.5 Å². The summed E-state index contributed by atoms with van der Waals surface area (Å²) in [5.41, 5.74) is 2.66. The molecule has 1 aliphatic rings. The Morgan fingerprint density at radius 3 is 2.59 bits per heavy atom. The molecule has 1 atom stereocenters. The predicted molar refractivity (Wildman–Crippen MR) is 84.5 cm³/mol. The van der Waals surface area contributed by atoms with Gasteiger partial charge in [0.1, 0.15) is 13.2 Å². The zero-order chi connectivity index (χ0) is 15.5. The van der Waals surface area contributed by atoms with Gasteiger partial charge in [-0.3, -0.25) is 4.79 Å². The van der Waals surface area contributed by atoms with Crippen molar-refractivity contribution in [2.24, 2.45) is 0 Å². The molecule has 114 valence electrons. The number of carbonyl (C=O) groups is 1. The van der Waals surface area contributed by atoms with Crippen LogP contribution in [-0.2, 0) is 0 Å². The van der Waals surface area contributed by atoms with Gasteiger partial charge < -0.3 is 14.8 Å². The van der Waals surface area contributed by atoms with Crippen LogP contribution in [0.15, 0.2) is 42.5 Å². The van der Waals surface area contributed by atoms with Gasteiger partial charge in [0, 0.05) is 5.56 Å². The van der Waals surface area contributed by atoms with Crippen molar-refractivity contribution in [1.82, 2.24) is 5.32 Å². The molecule has 4 heteroatoms. The fourth-order valence-corrected chi connectivity index (χ4v) is 2.51. The molecule has 2 aromatic carbocycles. The van der Waals surface area contributed by atoms with Gasteiger partial charge >= 0.3 is 0 Å². The normalized spacial score (nSPS) is 14.3. The summed E-state index contributed by atoms with van der Waals surface area (Å²) >= 11 is 0. The summed E-state index contributed by atoms with van der Waals surface area (Å²) in [5, 5.41) is 3.02. The van der Waals surface area contributed by atoms with Crippen molar-refractivity contribution < 1.29 is 14.3 Å². The zero-order valence-corrected chi connectivity index (χ0v) is 12.8. The summed E-state index contributed by atoms with van der Waals surface area (Å²) in [6, 6.07) is 13.2. The molecule has 3 rings (SSSR count). The van der Waals surface area contributed by atoms with Crippen LogP contribution in [0, 0.1) is 6.92 Å². The number of hydrogen-bond acceptors (Lipinski definition) is 3. The fourth-order valence-electron chi connectivity index (χ4n) is 2.51. The summed E-state index contributed by atoms with van der Waals surface area (Å²) < 4.78 is 11.1. The standard InChI is InChI=1S/C18H19NO3/c1-12-5-3-4-6-15(12)18(20)19-13(2)14-7-8-16-17(11-14)22-10-9-21-16/h3-8,11,13H,9-10H2,1-2H3,(H,19,20). The number of aryl methyl sites for hydroxylation is 1. The first kappa shape index (κ1) is 14.4. The molecule has 0 saturated heterocycles. The maximum Gasteiger partial charge on any atom is 0.252 e. The second-order valence-electron chi connectivity index (χ2n) is 5.41. The maximum atomic E-state index is 12.4. The van der Waals surface area contributed by atoms with E-state index in [1.807, 2.05) is 56.3 Å². The van der Waals surface area contributed by atoms with Gasteiger partial charge in [-0.1, -0.05) is 24.3 Å². The monoisotopic (exact) mass is 297 g/mol. The minimum absolute atomic E-state index is 0.0690. The first-order chi connectivity index (χ1) is 10.6. The number of ether oxygens (including phenoxy) is 2. The molecule has 1 heterocycles. The van der Waals surface area contributed by atoms with E-state index in [-0.39, 0.29) is 11.9 Å². The smallest absolute Gasteiger partial charge is 0.252 e. The summed E-state index contributed by atoms with van der Waals surface area (Å²) in [5.74, 6) is 1.42. The molecule has 1 unspecified atom stereocenters. The van der Waals surface area contributed by atoms with Crippen molar-refractivity contribution in [2.45, 2.75) is 19.9 Å². The molecule has 1 aliphatic heterocycles. The van der Waals surface area contributed by atoms with Gasteiger partial charge in [-0.25, -0.2) is 0 Å². The Morgan fingerprint density at radius 2 is 1.82 bits per heavy atom. The van der Waals surface area contributed by atoms with E-state index < -0.39 is 0 Å². The Kier molecular flexibility index (Phi) is 4.00. The number of fused-ring (bicyclic) bond motifs is 1. The Bertz CT molecular complexity index is 696. The third-order valence-corrected chi connectivity index (χ3v) is 3.80. The van der Waals surface area contributed by atoms with Crippen LogP contribution < -0.4 is 14.8 Å². The van der Waals surface area contributed by atoms with E-state index in [4.69, 9.17) is 9.47 Å². The largest absolute Gasteiger partial charge is 0.486 e. The molecule has 1 N–H and O–H groups in total. The molecule has 4 nitrogen and oxygen atoms in total. The van der Waals surface area contributed by atoms with Gasteiger partial charge in [-0.15, -0.1) is 0 Å². The van der Waals surface area contributed by atoms with Crippen molar-refractivity contribution in [2.75, 3.05) is 13.2 Å². The number of benzene rings is 2. The number of carbonyl (C=O) groups excluding carboxylic acids is 1. The highest BCUT2D eigenvalue weighted by Gasteiger charge is 2.17. The van der Waals surface area contributed by atoms with Gasteiger partial charge in [0.05, 0.1) is 6.04 Å². The van der Waals surface area contributed by atoms with Gasteiger partial charge in [-0.2, -0.15) is 0 Å². The van der Waals surface area contributed by atoms with E-state index in [1.165, 1.54) is 0 Å². The molecule has 0 radical (unpaired) electrons. The highest BCUT2D eigenvalue weighted by Crippen LogP contribution is 2.32. The molecular weight excluding hydrogens is 278 g/mol. The Balaban J connectivity index is 1.76. The quantitative estimate of drug-likeness (QED) is 0.946. The lowest BCUT2D eigenvalue weighted by molar-refractivity contribution is 0.0939. The van der Waals surface area contributed by atoms with E-state index >= 15 is 0 Å². The van der Waals surface area contributed by atoms with Crippen LogP contribution in [0.1, 0.15) is 34.5 Å². The predicted octanol–water partition coefficient (Wildman–Crippen LogP) is 3.26. The highest BCUT2D eigenvalue weighted by molar-refractivity contribution is 5.95. The average molecular weight is 297 g/mol.